The number of rotatable bonds is 4. The lowest BCUT2D eigenvalue weighted by molar-refractivity contribution is 0.154. The Balaban J connectivity index is 2.24. The Morgan fingerprint density at radius 3 is 2.21 bits per heavy atom. The van der Waals surface area contributed by atoms with Crippen LogP contribution in [0.1, 0.15) is 31.9 Å². The molecule has 0 unspecified atom stereocenters. The minimum Gasteiger partial charge on any atom is -0.314 e. The van der Waals surface area contributed by atoms with Gasteiger partial charge in [0.1, 0.15) is 0 Å². The van der Waals surface area contributed by atoms with Gasteiger partial charge in [0.05, 0.1) is 0 Å². The van der Waals surface area contributed by atoms with E-state index in [4.69, 9.17) is 23.2 Å². The second-order valence-electron chi connectivity index (χ2n) is 5.63. The van der Waals surface area contributed by atoms with Gasteiger partial charge in [-0.25, -0.2) is 0 Å². The molecule has 0 spiro atoms. The molecule has 1 aliphatic rings. The van der Waals surface area contributed by atoms with Gasteiger partial charge < -0.3 is 5.32 Å². The summed E-state index contributed by atoms with van der Waals surface area (Å²) in [5.41, 5.74) is 1.24. The molecule has 1 aromatic rings. The average molecular weight is 301 g/mol. The van der Waals surface area contributed by atoms with Crippen molar-refractivity contribution < 1.29 is 0 Å². The SMILES string of the molecule is CC(C)C[C@H](c1cc(Cl)cc(Cl)c1)N1CCNCC1. The van der Waals surface area contributed by atoms with Crippen LogP contribution in [0.5, 0.6) is 0 Å². The Bertz CT molecular complexity index is 394. The Morgan fingerprint density at radius 2 is 1.68 bits per heavy atom. The van der Waals surface area contributed by atoms with E-state index >= 15 is 0 Å². The topological polar surface area (TPSA) is 15.3 Å². The van der Waals surface area contributed by atoms with E-state index in [2.05, 4.69) is 36.2 Å². The zero-order chi connectivity index (χ0) is 13.8. The summed E-state index contributed by atoms with van der Waals surface area (Å²) < 4.78 is 0. The van der Waals surface area contributed by atoms with E-state index in [-0.39, 0.29) is 0 Å². The van der Waals surface area contributed by atoms with Crippen LogP contribution >= 0.6 is 23.2 Å². The molecule has 106 valence electrons. The van der Waals surface area contributed by atoms with Crippen LogP contribution in [0.2, 0.25) is 10.0 Å². The molecule has 0 aliphatic carbocycles. The molecule has 1 fully saturated rings. The molecule has 4 heteroatoms. The van der Waals surface area contributed by atoms with E-state index in [1.807, 2.05) is 0 Å². The Labute approximate surface area is 126 Å². The van der Waals surface area contributed by atoms with Gasteiger partial charge in [0.15, 0.2) is 0 Å². The van der Waals surface area contributed by atoms with Gasteiger partial charge in [-0.2, -0.15) is 0 Å². The summed E-state index contributed by atoms with van der Waals surface area (Å²) >= 11 is 12.3. The van der Waals surface area contributed by atoms with Crippen molar-refractivity contribution in [1.29, 1.82) is 0 Å². The quantitative estimate of drug-likeness (QED) is 0.904. The fraction of sp³-hybridized carbons (Fsp3) is 0.600. The molecule has 1 heterocycles. The molecular weight excluding hydrogens is 279 g/mol. The van der Waals surface area contributed by atoms with Crippen molar-refractivity contribution in [2.75, 3.05) is 26.2 Å². The highest BCUT2D eigenvalue weighted by atomic mass is 35.5. The van der Waals surface area contributed by atoms with E-state index in [0.717, 1.165) is 42.6 Å². The third-order valence-electron chi connectivity index (χ3n) is 3.56. The summed E-state index contributed by atoms with van der Waals surface area (Å²) in [5.74, 6) is 0.651. The van der Waals surface area contributed by atoms with Crippen molar-refractivity contribution in [3.8, 4) is 0 Å². The first-order chi connectivity index (χ1) is 9.06. The molecular formula is C15H22Cl2N2. The molecule has 0 amide bonds. The summed E-state index contributed by atoms with van der Waals surface area (Å²) in [5, 5.41) is 4.86. The zero-order valence-electron chi connectivity index (χ0n) is 11.6. The lowest BCUT2D eigenvalue weighted by Crippen LogP contribution is -2.45. The molecule has 19 heavy (non-hydrogen) atoms. The summed E-state index contributed by atoms with van der Waals surface area (Å²) in [6.07, 6.45) is 1.14. The van der Waals surface area contributed by atoms with Crippen LogP contribution in [0.25, 0.3) is 0 Å². The normalized spacial score (nSPS) is 18.8. The van der Waals surface area contributed by atoms with Crippen LogP contribution < -0.4 is 5.32 Å². The molecule has 0 bridgehead atoms. The van der Waals surface area contributed by atoms with E-state index < -0.39 is 0 Å². The molecule has 1 N–H and O–H groups in total. The van der Waals surface area contributed by atoms with Crippen molar-refractivity contribution in [2.45, 2.75) is 26.3 Å². The standard InChI is InChI=1S/C15H22Cl2N2/c1-11(2)7-15(19-5-3-18-4-6-19)12-8-13(16)10-14(17)9-12/h8-11,15,18H,3-7H2,1-2H3/t15-/m1/s1. The Hall–Kier alpha value is -0.280. The van der Waals surface area contributed by atoms with E-state index in [1.54, 1.807) is 6.07 Å². The van der Waals surface area contributed by atoms with Gasteiger partial charge >= 0.3 is 0 Å². The minimum atomic E-state index is 0.415. The van der Waals surface area contributed by atoms with Crippen LogP contribution in [0, 0.1) is 5.92 Å². The van der Waals surface area contributed by atoms with Gasteiger partial charge in [-0.1, -0.05) is 37.0 Å². The van der Waals surface area contributed by atoms with Crippen LogP contribution in [-0.2, 0) is 0 Å². The van der Waals surface area contributed by atoms with Crippen LogP contribution in [0.3, 0.4) is 0 Å². The molecule has 0 aromatic heterocycles. The van der Waals surface area contributed by atoms with Gasteiger partial charge in [-0.05, 0) is 36.1 Å². The van der Waals surface area contributed by atoms with Crippen LogP contribution in [-0.4, -0.2) is 31.1 Å². The highest BCUT2D eigenvalue weighted by molar-refractivity contribution is 6.34. The molecule has 2 nitrogen and oxygen atoms in total. The van der Waals surface area contributed by atoms with Gasteiger partial charge in [-0.15, -0.1) is 0 Å². The number of hydrogen-bond donors (Lipinski definition) is 1. The number of nitrogens with zero attached hydrogens (tertiary/aromatic N) is 1. The maximum absolute atomic E-state index is 6.15. The highest BCUT2D eigenvalue weighted by Crippen LogP contribution is 2.31. The third kappa shape index (κ3) is 4.35. The van der Waals surface area contributed by atoms with Gasteiger partial charge in [0, 0.05) is 42.3 Å². The maximum Gasteiger partial charge on any atom is 0.0424 e. The molecule has 0 saturated carbocycles. The second kappa shape index (κ2) is 6.94. The highest BCUT2D eigenvalue weighted by Gasteiger charge is 2.23. The summed E-state index contributed by atoms with van der Waals surface area (Å²) in [4.78, 5) is 2.54. The first-order valence-corrected chi connectivity index (χ1v) is 7.72. The molecule has 0 radical (unpaired) electrons. The zero-order valence-corrected chi connectivity index (χ0v) is 13.1. The van der Waals surface area contributed by atoms with E-state index in [0.29, 0.717) is 12.0 Å². The maximum atomic E-state index is 6.15. The average Bonchev–Trinajstić information content (AvgIpc) is 2.35. The Morgan fingerprint density at radius 1 is 1.11 bits per heavy atom. The lowest BCUT2D eigenvalue weighted by atomic mass is 9.95. The molecule has 1 aromatic carbocycles. The molecule has 2 rings (SSSR count). The van der Waals surface area contributed by atoms with Gasteiger partial charge in [0.25, 0.3) is 0 Å². The predicted octanol–water partition coefficient (Wildman–Crippen LogP) is 3.99. The van der Waals surface area contributed by atoms with Crippen molar-refractivity contribution in [1.82, 2.24) is 10.2 Å². The van der Waals surface area contributed by atoms with E-state index in [9.17, 15) is 0 Å². The number of hydrogen-bond acceptors (Lipinski definition) is 2. The molecule has 1 saturated heterocycles. The third-order valence-corrected chi connectivity index (χ3v) is 3.99. The number of benzene rings is 1. The first kappa shape index (κ1) is 15.1. The summed E-state index contributed by atoms with van der Waals surface area (Å²) in [7, 11) is 0. The van der Waals surface area contributed by atoms with Crippen molar-refractivity contribution in [3.63, 3.8) is 0 Å². The van der Waals surface area contributed by atoms with Gasteiger partial charge in [0.2, 0.25) is 0 Å². The van der Waals surface area contributed by atoms with Crippen molar-refractivity contribution >= 4 is 23.2 Å². The Kier molecular flexibility index (Phi) is 5.52. The first-order valence-electron chi connectivity index (χ1n) is 6.97. The number of piperazine rings is 1. The molecule has 1 atom stereocenters. The number of halogens is 2. The largest absolute Gasteiger partial charge is 0.314 e. The molecule has 1 aliphatic heterocycles. The smallest absolute Gasteiger partial charge is 0.0424 e. The lowest BCUT2D eigenvalue weighted by Gasteiger charge is -2.36. The summed E-state index contributed by atoms with van der Waals surface area (Å²) in [6, 6.07) is 6.33. The fourth-order valence-electron chi connectivity index (χ4n) is 2.70. The predicted molar refractivity (Wildman–Crippen MR) is 83.1 cm³/mol. The van der Waals surface area contributed by atoms with Crippen LogP contribution in [0.15, 0.2) is 18.2 Å². The summed E-state index contributed by atoms with van der Waals surface area (Å²) in [6.45, 7) is 8.82. The van der Waals surface area contributed by atoms with Crippen LogP contribution in [0.4, 0.5) is 0 Å². The number of nitrogens with one attached hydrogen (secondary N) is 1. The second-order valence-corrected chi connectivity index (χ2v) is 6.51. The minimum absolute atomic E-state index is 0.415. The van der Waals surface area contributed by atoms with E-state index in [1.165, 1.54) is 5.56 Å². The van der Waals surface area contributed by atoms with Crippen molar-refractivity contribution in [3.05, 3.63) is 33.8 Å². The van der Waals surface area contributed by atoms with Crippen molar-refractivity contribution in [2.24, 2.45) is 5.92 Å². The van der Waals surface area contributed by atoms with Gasteiger partial charge in [-0.3, -0.25) is 4.90 Å². The monoisotopic (exact) mass is 300 g/mol. The fourth-order valence-corrected chi connectivity index (χ4v) is 3.25.